The monoisotopic (exact) mass is 232 g/mol. The van der Waals surface area contributed by atoms with Gasteiger partial charge in [-0.1, -0.05) is 0 Å². The van der Waals surface area contributed by atoms with E-state index in [1.54, 1.807) is 0 Å². The van der Waals surface area contributed by atoms with E-state index in [-0.39, 0.29) is 51.4 Å². The predicted molar refractivity (Wildman–Crippen MR) is 44.4 cm³/mol. The molecule has 0 saturated heterocycles. The molecule has 8 heteroatoms. The van der Waals surface area contributed by atoms with Crippen molar-refractivity contribution < 1.29 is 34.4 Å². The summed E-state index contributed by atoms with van der Waals surface area (Å²) in [6.45, 7) is -0.829. The van der Waals surface area contributed by atoms with Gasteiger partial charge < -0.3 is 20.1 Å². The zero-order chi connectivity index (χ0) is 10.4. The number of hydrogen-bond acceptors (Lipinski definition) is 4. The van der Waals surface area contributed by atoms with Crippen LogP contribution in [0, 0.1) is 0 Å². The van der Waals surface area contributed by atoms with Crippen molar-refractivity contribution in [3.05, 3.63) is 0 Å². The summed E-state index contributed by atoms with van der Waals surface area (Å²) >= 11 is 0. The van der Waals surface area contributed by atoms with E-state index in [0.29, 0.717) is 0 Å². The van der Waals surface area contributed by atoms with Gasteiger partial charge in [0.05, 0.1) is 6.42 Å². The fraction of sp³-hybridized carbons (Fsp3) is 0.500. The second kappa shape index (κ2) is 8.33. The second-order valence-corrected chi connectivity index (χ2v) is 2.13. The first-order chi connectivity index (χ1) is 5.93. The molecule has 0 aromatic rings. The van der Waals surface area contributed by atoms with Crippen LogP contribution >= 0.6 is 0 Å². The summed E-state index contributed by atoms with van der Waals surface area (Å²) < 4.78 is 4.30. The van der Waals surface area contributed by atoms with Crippen molar-refractivity contribution in [2.45, 2.75) is 12.5 Å². The standard InChI is InChI=1S/C6H8O7.K.H/c7-4(8)1-3(6(11)12)13-2-5(9)10;;/h3H,1-2H2,(H,7,8)(H,9,10)(H,11,12);;. The van der Waals surface area contributed by atoms with E-state index in [1.165, 1.54) is 0 Å². The van der Waals surface area contributed by atoms with Crippen molar-refractivity contribution in [3.8, 4) is 0 Å². The van der Waals surface area contributed by atoms with Crippen molar-refractivity contribution in [1.29, 1.82) is 0 Å². The van der Waals surface area contributed by atoms with Gasteiger partial charge in [-0.05, 0) is 0 Å². The predicted octanol–water partition coefficient (Wildman–Crippen LogP) is -1.63. The molecular weight excluding hydrogens is 223 g/mol. The van der Waals surface area contributed by atoms with Gasteiger partial charge in [0.25, 0.3) is 0 Å². The van der Waals surface area contributed by atoms with Crippen LogP contribution in [0.3, 0.4) is 0 Å². The molecule has 0 amide bonds. The molecule has 1 atom stereocenters. The van der Waals surface area contributed by atoms with Gasteiger partial charge in [0, 0.05) is 0 Å². The summed E-state index contributed by atoms with van der Waals surface area (Å²) in [4.78, 5) is 30.3. The third kappa shape index (κ3) is 8.60. The van der Waals surface area contributed by atoms with E-state index in [4.69, 9.17) is 15.3 Å². The van der Waals surface area contributed by atoms with Crippen molar-refractivity contribution >= 4 is 69.3 Å². The van der Waals surface area contributed by atoms with Gasteiger partial charge in [-0.25, -0.2) is 9.59 Å². The Morgan fingerprint density at radius 2 is 1.57 bits per heavy atom. The Labute approximate surface area is 121 Å². The minimum atomic E-state index is -1.62. The van der Waals surface area contributed by atoms with Crippen molar-refractivity contribution in [2.24, 2.45) is 0 Å². The summed E-state index contributed by atoms with van der Waals surface area (Å²) in [5.41, 5.74) is 0. The first kappa shape index (κ1) is 16.4. The number of hydrogen-bond donors (Lipinski definition) is 3. The molecule has 7 nitrogen and oxygen atoms in total. The van der Waals surface area contributed by atoms with Gasteiger partial charge in [-0.2, -0.15) is 0 Å². The molecular formula is C6H9KO7. The number of carbonyl (C=O) groups is 3. The van der Waals surface area contributed by atoms with Crippen LogP contribution in [-0.4, -0.2) is 97.3 Å². The number of aliphatic carboxylic acids is 3. The van der Waals surface area contributed by atoms with Gasteiger partial charge in [-0.15, -0.1) is 0 Å². The zero-order valence-corrected chi connectivity index (χ0v) is 6.47. The molecule has 1 unspecified atom stereocenters. The molecule has 0 fully saturated rings. The molecule has 14 heavy (non-hydrogen) atoms. The quantitative estimate of drug-likeness (QED) is 0.470. The third-order valence-corrected chi connectivity index (χ3v) is 1.04. The fourth-order valence-corrected chi connectivity index (χ4v) is 0.548. The summed E-state index contributed by atoms with van der Waals surface area (Å²) in [5.74, 6) is -4.21. The van der Waals surface area contributed by atoms with Gasteiger partial charge in [-0.3, -0.25) is 4.79 Å². The van der Waals surface area contributed by atoms with Gasteiger partial charge in [0.2, 0.25) is 0 Å². The molecule has 0 heterocycles. The van der Waals surface area contributed by atoms with Gasteiger partial charge >= 0.3 is 69.3 Å². The van der Waals surface area contributed by atoms with Crippen LogP contribution in [0.5, 0.6) is 0 Å². The summed E-state index contributed by atoms with van der Waals surface area (Å²) in [7, 11) is 0. The van der Waals surface area contributed by atoms with Crippen molar-refractivity contribution in [2.75, 3.05) is 6.61 Å². The van der Waals surface area contributed by atoms with E-state index in [0.717, 1.165) is 0 Å². The fourth-order valence-electron chi connectivity index (χ4n) is 0.548. The van der Waals surface area contributed by atoms with E-state index in [2.05, 4.69) is 4.74 Å². The maximum atomic E-state index is 10.3. The second-order valence-electron chi connectivity index (χ2n) is 2.13. The summed E-state index contributed by atoms with van der Waals surface area (Å²) in [5, 5.41) is 24.7. The Morgan fingerprint density at radius 3 is 1.86 bits per heavy atom. The van der Waals surface area contributed by atoms with Crippen LogP contribution in [0.4, 0.5) is 0 Å². The van der Waals surface area contributed by atoms with Crippen LogP contribution in [0.2, 0.25) is 0 Å². The van der Waals surface area contributed by atoms with Gasteiger partial charge in [0.15, 0.2) is 6.10 Å². The molecule has 0 aromatic carbocycles. The molecule has 0 aliphatic heterocycles. The molecule has 0 aliphatic carbocycles. The van der Waals surface area contributed by atoms with Crippen LogP contribution in [0.1, 0.15) is 6.42 Å². The zero-order valence-electron chi connectivity index (χ0n) is 6.47. The number of rotatable bonds is 6. The first-order valence-electron chi connectivity index (χ1n) is 3.21. The molecule has 3 N–H and O–H groups in total. The number of carboxylic acid groups (broad SMARTS) is 3. The Balaban J connectivity index is 0. The van der Waals surface area contributed by atoms with E-state index >= 15 is 0 Å². The number of carboxylic acids is 3. The Bertz CT molecular complexity index is 226. The Morgan fingerprint density at radius 1 is 1.07 bits per heavy atom. The van der Waals surface area contributed by atoms with E-state index < -0.39 is 37.0 Å². The van der Waals surface area contributed by atoms with Crippen LogP contribution < -0.4 is 0 Å². The third-order valence-electron chi connectivity index (χ3n) is 1.04. The first-order valence-corrected chi connectivity index (χ1v) is 3.21. The molecule has 0 rings (SSSR count). The minimum absolute atomic E-state index is 0. The molecule has 0 saturated carbocycles. The summed E-state index contributed by atoms with van der Waals surface area (Å²) in [6, 6.07) is 0. The Kier molecular flexibility index (Phi) is 9.77. The molecule has 0 radical (unpaired) electrons. The SMILES string of the molecule is O=C(O)COC(CC(=O)O)C(=O)O.[KH]. The normalized spacial score (nSPS) is 11.1. The molecule has 0 aromatic heterocycles. The van der Waals surface area contributed by atoms with E-state index in [1.807, 2.05) is 0 Å². The topological polar surface area (TPSA) is 121 Å². The van der Waals surface area contributed by atoms with Crippen LogP contribution in [0.25, 0.3) is 0 Å². The molecule has 0 bridgehead atoms. The van der Waals surface area contributed by atoms with Crippen LogP contribution in [-0.2, 0) is 19.1 Å². The summed E-state index contributed by atoms with van der Waals surface area (Å²) in [6.07, 6.45) is -2.38. The average molecular weight is 232 g/mol. The average Bonchev–Trinajstić information content (AvgIpc) is 1.96. The molecule has 0 aliphatic rings. The molecule has 0 spiro atoms. The van der Waals surface area contributed by atoms with Crippen LogP contribution in [0.15, 0.2) is 0 Å². The van der Waals surface area contributed by atoms with E-state index in [9.17, 15) is 14.4 Å². The van der Waals surface area contributed by atoms with Gasteiger partial charge in [0.1, 0.15) is 6.61 Å². The van der Waals surface area contributed by atoms with Crippen molar-refractivity contribution in [1.82, 2.24) is 0 Å². The Hall–Kier alpha value is 0.00636. The van der Waals surface area contributed by atoms with Crippen molar-refractivity contribution in [3.63, 3.8) is 0 Å². The number of ether oxygens (including phenoxy) is 1. The molecule has 76 valence electrons. The maximum absolute atomic E-state index is 10.3.